The molecule has 0 unspecified atom stereocenters. The Morgan fingerprint density at radius 1 is 1.38 bits per heavy atom. The molecule has 0 saturated heterocycles. The van der Waals surface area contributed by atoms with Crippen molar-refractivity contribution in [2.45, 2.75) is 33.6 Å². The Morgan fingerprint density at radius 2 is 2.08 bits per heavy atom. The van der Waals surface area contributed by atoms with Gasteiger partial charge in [-0.3, -0.25) is 4.79 Å². The van der Waals surface area contributed by atoms with Crippen molar-refractivity contribution in [3.63, 3.8) is 0 Å². The average molecular weight is 178 g/mol. The monoisotopic (exact) mass is 178 g/mol. The predicted molar refractivity (Wildman–Crippen MR) is 57.6 cm³/mol. The molecule has 1 heteroatoms. The fourth-order valence-corrected chi connectivity index (χ4v) is 1.00. The van der Waals surface area contributed by atoms with Crippen LogP contribution in [0.25, 0.3) is 0 Å². The molecule has 0 aliphatic rings. The van der Waals surface area contributed by atoms with Gasteiger partial charge < -0.3 is 0 Å². The smallest absolute Gasteiger partial charge is 0.134 e. The zero-order chi connectivity index (χ0) is 10.1. The molecular weight excluding hydrogens is 160 g/mol. The summed E-state index contributed by atoms with van der Waals surface area (Å²) in [5, 5.41) is 0. The lowest BCUT2D eigenvalue weighted by molar-refractivity contribution is -0.116. The van der Waals surface area contributed by atoms with Gasteiger partial charge in [0.1, 0.15) is 5.78 Å². The van der Waals surface area contributed by atoms with Crippen LogP contribution in [0.4, 0.5) is 0 Å². The fraction of sp³-hybridized carbons (Fsp3) is 0.417. The SMILES string of the molecule is C\C=C/C(=C\C=C\CC)CC(C)=O. The third-order valence-electron chi connectivity index (χ3n) is 1.52. The van der Waals surface area contributed by atoms with Gasteiger partial charge in [0.05, 0.1) is 0 Å². The van der Waals surface area contributed by atoms with Crippen molar-refractivity contribution in [1.82, 2.24) is 0 Å². The quantitative estimate of drug-likeness (QED) is 0.589. The van der Waals surface area contributed by atoms with Crippen LogP contribution in [0.2, 0.25) is 0 Å². The first kappa shape index (κ1) is 11.9. The summed E-state index contributed by atoms with van der Waals surface area (Å²) >= 11 is 0. The highest BCUT2D eigenvalue weighted by Gasteiger charge is 1.95. The van der Waals surface area contributed by atoms with E-state index in [1.54, 1.807) is 6.92 Å². The average Bonchev–Trinajstić information content (AvgIpc) is 2.04. The van der Waals surface area contributed by atoms with Crippen molar-refractivity contribution in [1.29, 1.82) is 0 Å². The van der Waals surface area contributed by atoms with Crippen molar-refractivity contribution in [3.05, 3.63) is 36.0 Å². The first-order valence-electron chi connectivity index (χ1n) is 4.68. The number of rotatable bonds is 5. The van der Waals surface area contributed by atoms with Gasteiger partial charge in [-0.05, 0) is 25.8 Å². The molecule has 0 aromatic rings. The van der Waals surface area contributed by atoms with Gasteiger partial charge in [-0.1, -0.05) is 37.3 Å². The second-order valence-electron chi connectivity index (χ2n) is 2.96. The van der Waals surface area contributed by atoms with Crippen LogP contribution in [-0.2, 0) is 4.79 Å². The van der Waals surface area contributed by atoms with Crippen LogP contribution in [-0.4, -0.2) is 5.78 Å². The Labute approximate surface area is 80.8 Å². The van der Waals surface area contributed by atoms with E-state index in [-0.39, 0.29) is 5.78 Å². The summed E-state index contributed by atoms with van der Waals surface area (Å²) < 4.78 is 0. The van der Waals surface area contributed by atoms with Crippen LogP contribution in [0.15, 0.2) is 36.0 Å². The minimum absolute atomic E-state index is 0.203. The highest BCUT2D eigenvalue weighted by Crippen LogP contribution is 2.04. The Hall–Kier alpha value is -1.11. The van der Waals surface area contributed by atoms with E-state index in [0.29, 0.717) is 6.42 Å². The van der Waals surface area contributed by atoms with E-state index in [1.165, 1.54) is 0 Å². The van der Waals surface area contributed by atoms with E-state index >= 15 is 0 Å². The third-order valence-corrected chi connectivity index (χ3v) is 1.52. The molecule has 0 atom stereocenters. The molecule has 72 valence electrons. The molecule has 0 radical (unpaired) electrons. The van der Waals surface area contributed by atoms with Crippen molar-refractivity contribution in [2.75, 3.05) is 0 Å². The Morgan fingerprint density at radius 3 is 2.54 bits per heavy atom. The predicted octanol–water partition coefficient (Wildman–Crippen LogP) is 3.43. The van der Waals surface area contributed by atoms with Gasteiger partial charge in [0, 0.05) is 6.42 Å². The highest BCUT2D eigenvalue weighted by atomic mass is 16.1. The van der Waals surface area contributed by atoms with Crippen molar-refractivity contribution in [2.24, 2.45) is 0 Å². The second-order valence-corrected chi connectivity index (χ2v) is 2.96. The zero-order valence-corrected chi connectivity index (χ0v) is 8.71. The van der Waals surface area contributed by atoms with Crippen molar-refractivity contribution < 1.29 is 4.79 Å². The van der Waals surface area contributed by atoms with E-state index in [2.05, 4.69) is 13.0 Å². The molecule has 0 rings (SSSR count). The van der Waals surface area contributed by atoms with Gasteiger partial charge in [0.25, 0.3) is 0 Å². The standard InChI is InChI=1S/C12H18O/c1-4-6-7-9-12(8-5-2)10-11(3)13/h5-9H,4,10H2,1-3H3/b7-6+,8-5-,12-9+. The first-order chi connectivity index (χ1) is 6.20. The van der Waals surface area contributed by atoms with Crippen LogP contribution >= 0.6 is 0 Å². The summed E-state index contributed by atoms with van der Waals surface area (Å²) in [5.41, 5.74) is 1.07. The maximum atomic E-state index is 10.9. The minimum Gasteiger partial charge on any atom is -0.300 e. The van der Waals surface area contributed by atoms with Crippen LogP contribution in [0.1, 0.15) is 33.6 Å². The Bertz CT molecular complexity index is 232. The van der Waals surface area contributed by atoms with Gasteiger partial charge in [0.15, 0.2) is 0 Å². The largest absolute Gasteiger partial charge is 0.300 e. The lowest BCUT2D eigenvalue weighted by Gasteiger charge is -1.95. The molecule has 0 bridgehead atoms. The zero-order valence-electron chi connectivity index (χ0n) is 8.71. The van der Waals surface area contributed by atoms with Gasteiger partial charge >= 0.3 is 0 Å². The van der Waals surface area contributed by atoms with E-state index in [9.17, 15) is 4.79 Å². The van der Waals surface area contributed by atoms with Crippen molar-refractivity contribution in [3.8, 4) is 0 Å². The number of carbonyl (C=O) groups is 1. The first-order valence-corrected chi connectivity index (χ1v) is 4.68. The lowest BCUT2D eigenvalue weighted by atomic mass is 10.1. The summed E-state index contributed by atoms with van der Waals surface area (Å²) in [4.78, 5) is 10.9. The number of hydrogen-bond donors (Lipinski definition) is 0. The topological polar surface area (TPSA) is 17.1 Å². The summed E-state index contributed by atoms with van der Waals surface area (Å²) in [6.07, 6.45) is 11.5. The molecular formula is C12H18O. The summed E-state index contributed by atoms with van der Waals surface area (Å²) in [6.45, 7) is 5.66. The van der Waals surface area contributed by atoms with Gasteiger partial charge in [-0.25, -0.2) is 0 Å². The van der Waals surface area contributed by atoms with E-state index in [4.69, 9.17) is 0 Å². The lowest BCUT2D eigenvalue weighted by Crippen LogP contribution is -1.90. The van der Waals surface area contributed by atoms with E-state index in [1.807, 2.05) is 31.2 Å². The number of hydrogen-bond acceptors (Lipinski definition) is 1. The van der Waals surface area contributed by atoms with Crippen LogP contribution < -0.4 is 0 Å². The van der Waals surface area contributed by atoms with Crippen LogP contribution in [0, 0.1) is 0 Å². The maximum Gasteiger partial charge on any atom is 0.134 e. The van der Waals surface area contributed by atoms with Crippen LogP contribution in [0.3, 0.4) is 0 Å². The molecule has 0 spiro atoms. The van der Waals surface area contributed by atoms with E-state index in [0.717, 1.165) is 12.0 Å². The Kier molecular flexibility index (Phi) is 6.89. The molecule has 0 saturated carbocycles. The maximum absolute atomic E-state index is 10.9. The van der Waals surface area contributed by atoms with Crippen LogP contribution in [0.5, 0.6) is 0 Å². The summed E-state index contributed by atoms with van der Waals surface area (Å²) in [5.74, 6) is 0.203. The third kappa shape index (κ3) is 7.26. The molecule has 13 heavy (non-hydrogen) atoms. The molecule has 0 N–H and O–H groups in total. The molecule has 0 aliphatic carbocycles. The molecule has 1 nitrogen and oxygen atoms in total. The molecule has 0 heterocycles. The minimum atomic E-state index is 0.203. The molecule has 0 aromatic carbocycles. The normalized spacial score (nSPS) is 13.0. The van der Waals surface area contributed by atoms with Crippen molar-refractivity contribution >= 4 is 5.78 Å². The molecule has 0 aromatic heterocycles. The molecule has 0 amide bonds. The van der Waals surface area contributed by atoms with Gasteiger partial charge in [-0.2, -0.15) is 0 Å². The Balaban J connectivity index is 4.31. The summed E-state index contributed by atoms with van der Waals surface area (Å²) in [7, 11) is 0. The molecule has 0 fully saturated rings. The molecule has 0 aliphatic heterocycles. The van der Waals surface area contributed by atoms with Gasteiger partial charge in [0.2, 0.25) is 0 Å². The number of Topliss-reactive ketones (excluding diaryl/α,β-unsaturated/α-hetero) is 1. The number of allylic oxidation sites excluding steroid dienone is 6. The second kappa shape index (κ2) is 7.53. The number of ketones is 1. The number of carbonyl (C=O) groups excluding carboxylic acids is 1. The van der Waals surface area contributed by atoms with Gasteiger partial charge in [-0.15, -0.1) is 0 Å². The van der Waals surface area contributed by atoms with E-state index < -0.39 is 0 Å². The summed E-state index contributed by atoms with van der Waals surface area (Å²) in [6, 6.07) is 0. The highest BCUT2D eigenvalue weighted by molar-refractivity contribution is 5.78. The fourth-order valence-electron chi connectivity index (χ4n) is 1.00.